The number of carbonyl (C=O) groups is 1. The highest BCUT2D eigenvalue weighted by Crippen LogP contribution is 2.44. The van der Waals surface area contributed by atoms with Gasteiger partial charge in [0.25, 0.3) is 0 Å². The summed E-state index contributed by atoms with van der Waals surface area (Å²) in [5.41, 5.74) is 8.12. The highest BCUT2D eigenvalue weighted by Gasteiger charge is 2.52. The van der Waals surface area contributed by atoms with Gasteiger partial charge in [0.15, 0.2) is 0 Å². The summed E-state index contributed by atoms with van der Waals surface area (Å²) in [6, 6.07) is 22.9. The molecule has 196 valence electrons. The summed E-state index contributed by atoms with van der Waals surface area (Å²) in [5, 5.41) is 2.95. The fraction of sp³-hybridized carbons (Fsp3) is 0.344. The summed E-state index contributed by atoms with van der Waals surface area (Å²) >= 11 is 0. The lowest BCUT2D eigenvalue weighted by molar-refractivity contribution is 0.00578. The van der Waals surface area contributed by atoms with E-state index in [4.69, 9.17) is 14.0 Å². The van der Waals surface area contributed by atoms with Crippen molar-refractivity contribution in [3.63, 3.8) is 0 Å². The zero-order valence-corrected chi connectivity index (χ0v) is 23.1. The average molecular weight is 509 g/mol. The molecular weight excluding hydrogens is 473 g/mol. The summed E-state index contributed by atoms with van der Waals surface area (Å²) in [4.78, 5) is 12.9. The van der Waals surface area contributed by atoms with Gasteiger partial charge in [-0.25, -0.2) is 4.79 Å². The molecule has 1 N–H and O–H groups in total. The predicted octanol–water partition coefficient (Wildman–Crippen LogP) is 6.86. The number of ether oxygens (including phenoxy) is 1. The first kappa shape index (κ1) is 26.3. The second-order valence-electron chi connectivity index (χ2n) is 11.3. The van der Waals surface area contributed by atoms with Crippen molar-refractivity contribution in [1.82, 2.24) is 5.32 Å². The van der Waals surface area contributed by atoms with Gasteiger partial charge in [-0.3, -0.25) is 0 Å². The number of aryl methyl sites for hydroxylation is 1. The van der Waals surface area contributed by atoms with Gasteiger partial charge in [-0.15, -0.1) is 0 Å². The number of rotatable bonds is 6. The largest absolute Gasteiger partial charge is 0.492 e. The Morgan fingerprint density at radius 2 is 1.47 bits per heavy atom. The van der Waals surface area contributed by atoms with Gasteiger partial charge in [-0.1, -0.05) is 72.8 Å². The molecule has 1 amide bonds. The highest BCUT2D eigenvalue weighted by molar-refractivity contribution is 6.56. The fourth-order valence-electron chi connectivity index (χ4n) is 5.15. The quantitative estimate of drug-likeness (QED) is 0.369. The second-order valence-corrected chi connectivity index (χ2v) is 11.3. The molecule has 0 saturated carbocycles. The molecule has 0 spiro atoms. The van der Waals surface area contributed by atoms with Crippen LogP contribution in [0.5, 0.6) is 0 Å². The molecule has 5 nitrogen and oxygen atoms in total. The van der Waals surface area contributed by atoms with Crippen LogP contribution in [0.2, 0.25) is 0 Å². The standard InChI is InChI=1S/C32H36BNO4/c1-21-12-11-13-23(22(21)2)18-24(33-37-31(3,4)32(5,6)38-33)19-34-30(35)36-20-29-27-16-9-7-14-25(27)26-15-8-10-17-28(26)29/h7-18,29H,19-20H2,1-6H3,(H,34,35). The SMILES string of the molecule is Cc1cccc(C=C(CNC(=O)OCC2c3ccccc3-c3ccccc32)B2OC(C)(C)C(C)(C)O2)c1C. The number of hydrogen-bond acceptors (Lipinski definition) is 4. The van der Waals surface area contributed by atoms with Crippen molar-refractivity contribution in [2.75, 3.05) is 13.2 Å². The van der Waals surface area contributed by atoms with Crippen molar-refractivity contribution in [2.45, 2.75) is 58.7 Å². The number of benzene rings is 3. The molecule has 2 aliphatic rings. The third-order valence-electron chi connectivity index (χ3n) is 8.32. The zero-order chi connectivity index (χ0) is 27.1. The number of hydrogen-bond donors (Lipinski definition) is 1. The van der Waals surface area contributed by atoms with Crippen LogP contribution in [0.15, 0.2) is 72.2 Å². The van der Waals surface area contributed by atoms with E-state index in [9.17, 15) is 4.79 Å². The monoisotopic (exact) mass is 509 g/mol. The van der Waals surface area contributed by atoms with Gasteiger partial charge < -0.3 is 19.4 Å². The summed E-state index contributed by atoms with van der Waals surface area (Å²) < 4.78 is 18.4. The molecule has 3 aromatic rings. The number of amides is 1. The van der Waals surface area contributed by atoms with E-state index in [0.29, 0.717) is 0 Å². The van der Waals surface area contributed by atoms with Crippen molar-refractivity contribution in [3.05, 3.63) is 100 Å². The van der Waals surface area contributed by atoms with Gasteiger partial charge in [0.05, 0.1) is 11.2 Å². The van der Waals surface area contributed by atoms with E-state index in [1.54, 1.807) is 0 Å². The minimum Gasteiger partial charge on any atom is -0.449 e. The van der Waals surface area contributed by atoms with Crippen molar-refractivity contribution < 1.29 is 18.8 Å². The third kappa shape index (κ3) is 4.91. The number of alkyl carbamates (subject to hydrolysis) is 1. The van der Waals surface area contributed by atoms with E-state index in [0.717, 1.165) is 11.0 Å². The Labute approximate surface area is 226 Å². The van der Waals surface area contributed by atoms with Crippen LogP contribution in [0.4, 0.5) is 4.79 Å². The molecule has 5 rings (SSSR count). The topological polar surface area (TPSA) is 56.8 Å². The summed E-state index contributed by atoms with van der Waals surface area (Å²) in [5.74, 6) is 0.0150. The maximum Gasteiger partial charge on any atom is 0.492 e. The van der Waals surface area contributed by atoms with Gasteiger partial charge in [0.1, 0.15) is 6.61 Å². The van der Waals surface area contributed by atoms with Crippen LogP contribution in [-0.2, 0) is 14.0 Å². The van der Waals surface area contributed by atoms with Crippen LogP contribution in [0.3, 0.4) is 0 Å². The molecule has 3 aromatic carbocycles. The summed E-state index contributed by atoms with van der Waals surface area (Å²) in [7, 11) is -0.575. The van der Waals surface area contributed by atoms with Crippen LogP contribution in [0.25, 0.3) is 17.2 Å². The minimum atomic E-state index is -0.575. The van der Waals surface area contributed by atoms with Crippen LogP contribution in [-0.4, -0.2) is 37.6 Å². The Morgan fingerprint density at radius 3 is 2.08 bits per heavy atom. The molecule has 0 atom stereocenters. The first-order valence-electron chi connectivity index (χ1n) is 13.3. The molecule has 0 radical (unpaired) electrons. The van der Waals surface area contributed by atoms with Crippen LogP contribution in [0, 0.1) is 13.8 Å². The third-order valence-corrected chi connectivity index (χ3v) is 8.32. The second kappa shape index (κ2) is 10.1. The van der Waals surface area contributed by atoms with Crippen molar-refractivity contribution in [3.8, 4) is 11.1 Å². The van der Waals surface area contributed by atoms with E-state index < -0.39 is 24.4 Å². The van der Waals surface area contributed by atoms with Crippen molar-refractivity contribution in [2.24, 2.45) is 0 Å². The molecule has 0 unspecified atom stereocenters. The Kier molecular flexibility index (Phi) is 6.97. The van der Waals surface area contributed by atoms with E-state index in [-0.39, 0.29) is 19.1 Å². The molecule has 1 saturated heterocycles. The van der Waals surface area contributed by atoms with Crippen LogP contribution < -0.4 is 5.32 Å². The van der Waals surface area contributed by atoms with Gasteiger partial charge >= 0.3 is 13.2 Å². The molecule has 1 aliphatic heterocycles. The summed E-state index contributed by atoms with van der Waals surface area (Å²) in [6.07, 6.45) is 1.60. The van der Waals surface area contributed by atoms with Gasteiger partial charge in [-0.2, -0.15) is 0 Å². The lowest BCUT2D eigenvalue weighted by Crippen LogP contribution is -2.41. The predicted molar refractivity (Wildman–Crippen MR) is 153 cm³/mol. The smallest absolute Gasteiger partial charge is 0.449 e. The molecule has 38 heavy (non-hydrogen) atoms. The van der Waals surface area contributed by atoms with Crippen molar-refractivity contribution >= 4 is 19.3 Å². The van der Waals surface area contributed by atoms with Crippen LogP contribution in [0.1, 0.15) is 61.4 Å². The van der Waals surface area contributed by atoms with Gasteiger partial charge in [0.2, 0.25) is 0 Å². The van der Waals surface area contributed by atoms with Crippen molar-refractivity contribution in [1.29, 1.82) is 0 Å². The molecule has 0 aromatic heterocycles. The Hall–Kier alpha value is -3.35. The van der Waals surface area contributed by atoms with E-state index >= 15 is 0 Å². The van der Waals surface area contributed by atoms with Gasteiger partial charge in [0, 0.05) is 12.5 Å². The maximum atomic E-state index is 12.9. The molecule has 1 aliphatic carbocycles. The van der Waals surface area contributed by atoms with Gasteiger partial charge in [-0.05, 0) is 86.0 Å². The Balaban J connectivity index is 1.31. The Morgan fingerprint density at radius 1 is 0.895 bits per heavy atom. The van der Waals surface area contributed by atoms with E-state index in [2.05, 4.69) is 61.6 Å². The zero-order valence-electron chi connectivity index (χ0n) is 23.1. The minimum absolute atomic E-state index is 0.0150. The lowest BCUT2D eigenvalue weighted by Gasteiger charge is -2.32. The normalized spacial score (nSPS) is 17.7. The molecule has 1 fully saturated rings. The highest BCUT2D eigenvalue weighted by atomic mass is 16.7. The van der Waals surface area contributed by atoms with E-state index in [1.165, 1.54) is 33.4 Å². The molecule has 1 heterocycles. The average Bonchev–Trinajstić information content (AvgIpc) is 3.32. The maximum absolute atomic E-state index is 12.9. The fourth-order valence-corrected chi connectivity index (χ4v) is 5.15. The Bertz CT molecular complexity index is 1330. The first-order chi connectivity index (χ1) is 18.1. The van der Waals surface area contributed by atoms with Crippen LogP contribution >= 0.6 is 0 Å². The lowest BCUT2D eigenvalue weighted by atomic mass is 9.76. The summed E-state index contributed by atoms with van der Waals surface area (Å²) in [6.45, 7) is 12.8. The molecule has 0 bridgehead atoms. The molecular formula is C32H36BNO4. The first-order valence-corrected chi connectivity index (χ1v) is 13.3. The number of fused-ring (bicyclic) bond motifs is 3. The molecule has 6 heteroatoms. The number of nitrogens with one attached hydrogen (secondary N) is 1. The van der Waals surface area contributed by atoms with E-state index in [1.807, 2.05) is 58.0 Å². The number of carbonyl (C=O) groups excluding carboxylic acids is 1.